The number of ether oxygens (including phenoxy) is 2. The van der Waals surface area contributed by atoms with Crippen LogP contribution in [0.3, 0.4) is 0 Å². The molecule has 164 valence electrons. The maximum Gasteiger partial charge on any atom is 0.325 e. The van der Waals surface area contributed by atoms with Gasteiger partial charge in [0.05, 0.1) is 11.6 Å². The van der Waals surface area contributed by atoms with Gasteiger partial charge in [0.1, 0.15) is 25.3 Å². The minimum absolute atomic E-state index is 0.284. The number of urea groups is 1. The fourth-order valence-electron chi connectivity index (χ4n) is 3.72. The molecule has 4 rings (SSSR count). The third-order valence-electron chi connectivity index (χ3n) is 5.61. The van der Waals surface area contributed by atoms with Gasteiger partial charge in [0.25, 0.3) is 5.91 Å². The average molecular weight is 434 g/mol. The third-order valence-corrected chi connectivity index (χ3v) is 5.61. The quantitative estimate of drug-likeness (QED) is 0.718. The van der Waals surface area contributed by atoms with E-state index in [1.165, 1.54) is 4.90 Å². The van der Waals surface area contributed by atoms with E-state index >= 15 is 0 Å². The summed E-state index contributed by atoms with van der Waals surface area (Å²) >= 11 is 0. The van der Waals surface area contributed by atoms with Crippen molar-refractivity contribution in [3.05, 3.63) is 59.2 Å². The normalized spacial score (nSPS) is 19.3. The molecule has 2 aliphatic heterocycles. The van der Waals surface area contributed by atoms with Gasteiger partial charge in [-0.3, -0.25) is 14.5 Å². The van der Waals surface area contributed by atoms with Crippen LogP contribution in [-0.4, -0.2) is 54.5 Å². The number of nitriles is 1. The van der Waals surface area contributed by atoms with Crippen molar-refractivity contribution in [3.8, 4) is 17.6 Å². The van der Waals surface area contributed by atoms with Crippen LogP contribution in [0.2, 0.25) is 0 Å². The minimum atomic E-state index is -1.31. The zero-order valence-corrected chi connectivity index (χ0v) is 17.8. The van der Waals surface area contributed by atoms with Crippen LogP contribution < -0.4 is 14.8 Å². The summed E-state index contributed by atoms with van der Waals surface area (Å²) in [6.07, 6.45) is 0. The van der Waals surface area contributed by atoms with E-state index in [-0.39, 0.29) is 19.0 Å². The van der Waals surface area contributed by atoms with Gasteiger partial charge in [0.15, 0.2) is 11.5 Å². The second kappa shape index (κ2) is 8.23. The summed E-state index contributed by atoms with van der Waals surface area (Å²) in [5, 5.41) is 11.6. The molecule has 0 saturated carbocycles. The number of likely N-dealkylation sites (N-methyl/N-ethyl adjacent to an activating group) is 1. The Kier molecular flexibility index (Phi) is 5.45. The van der Waals surface area contributed by atoms with Gasteiger partial charge >= 0.3 is 6.03 Å². The van der Waals surface area contributed by atoms with Crippen molar-refractivity contribution in [1.82, 2.24) is 15.1 Å². The molecule has 32 heavy (non-hydrogen) atoms. The molecule has 0 bridgehead atoms. The Morgan fingerprint density at radius 3 is 2.53 bits per heavy atom. The zero-order valence-electron chi connectivity index (χ0n) is 17.8. The average Bonchev–Trinajstić information content (AvgIpc) is 3.02. The van der Waals surface area contributed by atoms with Crippen LogP contribution in [0.15, 0.2) is 42.5 Å². The molecule has 0 aliphatic carbocycles. The largest absolute Gasteiger partial charge is 0.486 e. The smallest absolute Gasteiger partial charge is 0.325 e. The number of carbonyl (C=O) groups excluding carboxylic acids is 3. The molecule has 2 aromatic carbocycles. The molecule has 1 saturated heterocycles. The number of imide groups is 1. The molecule has 9 heteroatoms. The molecule has 1 fully saturated rings. The van der Waals surface area contributed by atoms with Crippen molar-refractivity contribution < 1.29 is 23.9 Å². The Labute approximate surface area is 185 Å². The number of benzene rings is 2. The molecule has 2 aromatic rings. The number of hydrogen-bond donors (Lipinski definition) is 1. The Morgan fingerprint density at radius 2 is 1.84 bits per heavy atom. The highest BCUT2D eigenvalue weighted by Gasteiger charge is 2.49. The minimum Gasteiger partial charge on any atom is -0.486 e. The van der Waals surface area contributed by atoms with Crippen LogP contribution in [0.25, 0.3) is 0 Å². The summed E-state index contributed by atoms with van der Waals surface area (Å²) in [5.74, 6) is 0.387. The first-order chi connectivity index (χ1) is 15.3. The first-order valence-corrected chi connectivity index (χ1v) is 10.1. The second-order valence-corrected chi connectivity index (χ2v) is 7.86. The second-order valence-electron chi connectivity index (χ2n) is 7.86. The molecule has 1 N–H and O–H groups in total. The third kappa shape index (κ3) is 3.83. The predicted molar refractivity (Wildman–Crippen MR) is 113 cm³/mol. The molecule has 1 unspecified atom stereocenters. The summed E-state index contributed by atoms with van der Waals surface area (Å²) in [6.45, 7) is 2.45. The Bertz CT molecular complexity index is 1120. The highest BCUT2D eigenvalue weighted by atomic mass is 16.6. The predicted octanol–water partition coefficient (Wildman–Crippen LogP) is 1.76. The number of rotatable bonds is 5. The van der Waals surface area contributed by atoms with Crippen molar-refractivity contribution in [2.75, 3.05) is 26.8 Å². The lowest BCUT2D eigenvalue weighted by Gasteiger charge is -2.24. The zero-order chi connectivity index (χ0) is 22.9. The lowest BCUT2D eigenvalue weighted by Crippen LogP contribution is -2.43. The number of fused-ring (bicyclic) bond motifs is 1. The van der Waals surface area contributed by atoms with Crippen LogP contribution in [0.1, 0.15) is 23.6 Å². The van der Waals surface area contributed by atoms with E-state index in [9.17, 15) is 14.4 Å². The molecule has 2 aliphatic rings. The van der Waals surface area contributed by atoms with Crippen LogP contribution >= 0.6 is 0 Å². The molecule has 0 radical (unpaired) electrons. The summed E-state index contributed by atoms with van der Waals surface area (Å²) in [7, 11) is 1.61. The standard InChI is InChI=1S/C23H22N4O5/c1-23(17-6-3-15(12-24)4-7-17)21(29)27(22(30)25-23)14-20(28)26(2)13-16-5-8-18-19(11-16)32-10-9-31-18/h3-8,11H,9-10,13-14H2,1-2H3,(H,25,30). The SMILES string of the molecule is CN(Cc1ccc2c(c1)OCCO2)C(=O)CN1C(=O)NC(C)(c2ccc(C#N)cc2)C1=O. The van der Waals surface area contributed by atoms with E-state index in [0.717, 1.165) is 10.5 Å². The van der Waals surface area contributed by atoms with Crippen molar-refractivity contribution in [2.45, 2.75) is 19.0 Å². The maximum absolute atomic E-state index is 13.0. The Morgan fingerprint density at radius 1 is 1.16 bits per heavy atom. The summed E-state index contributed by atoms with van der Waals surface area (Å²) in [4.78, 5) is 40.7. The van der Waals surface area contributed by atoms with E-state index in [4.69, 9.17) is 14.7 Å². The van der Waals surface area contributed by atoms with Gasteiger partial charge in [-0.2, -0.15) is 5.26 Å². The van der Waals surface area contributed by atoms with Crippen molar-refractivity contribution >= 4 is 17.8 Å². The van der Waals surface area contributed by atoms with Crippen LogP contribution in [0.5, 0.6) is 11.5 Å². The molecule has 2 heterocycles. The van der Waals surface area contributed by atoms with Crippen LogP contribution in [0, 0.1) is 11.3 Å². The number of carbonyl (C=O) groups is 3. The lowest BCUT2D eigenvalue weighted by atomic mass is 9.91. The van der Waals surface area contributed by atoms with E-state index in [0.29, 0.717) is 35.8 Å². The van der Waals surface area contributed by atoms with Gasteiger partial charge in [0.2, 0.25) is 5.91 Å². The highest BCUT2D eigenvalue weighted by Crippen LogP contribution is 2.31. The highest BCUT2D eigenvalue weighted by molar-refractivity contribution is 6.09. The van der Waals surface area contributed by atoms with Gasteiger partial charge in [-0.05, 0) is 42.3 Å². The summed E-state index contributed by atoms with van der Waals surface area (Å²) < 4.78 is 11.1. The Balaban J connectivity index is 1.43. The molecular formula is C23H22N4O5. The van der Waals surface area contributed by atoms with Crippen molar-refractivity contribution in [2.24, 2.45) is 0 Å². The summed E-state index contributed by atoms with van der Waals surface area (Å²) in [5.41, 5.74) is 0.515. The fraction of sp³-hybridized carbons (Fsp3) is 0.304. The molecule has 1 atom stereocenters. The lowest BCUT2D eigenvalue weighted by molar-refractivity contribution is -0.138. The molecule has 0 aromatic heterocycles. The molecule has 0 spiro atoms. The number of nitrogens with one attached hydrogen (secondary N) is 1. The molecular weight excluding hydrogens is 412 g/mol. The number of nitrogens with zero attached hydrogens (tertiary/aromatic N) is 3. The summed E-state index contributed by atoms with van der Waals surface area (Å²) in [6, 6.07) is 13.2. The van der Waals surface area contributed by atoms with Gasteiger partial charge < -0.3 is 19.7 Å². The fourth-order valence-corrected chi connectivity index (χ4v) is 3.72. The molecule has 9 nitrogen and oxygen atoms in total. The number of amides is 4. The van der Waals surface area contributed by atoms with E-state index < -0.39 is 17.5 Å². The first-order valence-electron chi connectivity index (χ1n) is 10.1. The van der Waals surface area contributed by atoms with Gasteiger partial charge in [-0.25, -0.2) is 4.79 Å². The van der Waals surface area contributed by atoms with Crippen LogP contribution in [0.4, 0.5) is 4.79 Å². The number of hydrogen-bond acceptors (Lipinski definition) is 6. The molecule has 4 amide bonds. The van der Waals surface area contributed by atoms with Crippen molar-refractivity contribution in [1.29, 1.82) is 5.26 Å². The van der Waals surface area contributed by atoms with Gasteiger partial charge in [-0.15, -0.1) is 0 Å². The monoisotopic (exact) mass is 434 g/mol. The van der Waals surface area contributed by atoms with Gasteiger partial charge in [-0.1, -0.05) is 18.2 Å². The van der Waals surface area contributed by atoms with E-state index in [1.54, 1.807) is 44.3 Å². The first kappa shape index (κ1) is 21.2. The van der Waals surface area contributed by atoms with E-state index in [2.05, 4.69) is 5.32 Å². The van der Waals surface area contributed by atoms with Crippen LogP contribution in [-0.2, 0) is 21.7 Å². The van der Waals surface area contributed by atoms with Crippen molar-refractivity contribution in [3.63, 3.8) is 0 Å². The Hall–Kier alpha value is -4.06. The topological polar surface area (TPSA) is 112 Å². The van der Waals surface area contributed by atoms with E-state index in [1.807, 2.05) is 18.2 Å². The van der Waals surface area contributed by atoms with Gasteiger partial charge in [0, 0.05) is 13.6 Å². The maximum atomic E-state index is 13.0.